The van der Waals surface area contributed by atoms with E-state index in [-0.39, 0.29) is 13.0 Å². The van der Waals surface area contributed by atoms with Crippen LogP contribution in [0.25, 0.3) is 10.8 Å². The zero-order chi connectivity index (χ0) is 36.2. The molecule has 3 aromatic rings. The second-order valence-corrected chi connectivity index (χ2v) is 14.5. The summed E-state index contributed by atoms with van der Waals surface area (Å²) in [5.74, 6) is -2.08. The van der Waals surface area contributed by atoms with Crippen LogP contribution in [0.2, 0.25) is 5.02 Å². The summed E-state index contributed by atoms with van der Waals surface area (Å²) >= 11 is 6.39. The summed E-state index contributed by atoms with van der Waals surface area (Å²) in [6, 6.07) is 17.0. The van der Waals surface area contributed by atoms with Crippen LogP contribution in [0.5, 0.6) is 0 Å². The number of piperidine rings is 1. The molecule has 0 radical (unpaired) electrons. The van der Waals surface area contributed by atoms with Gasteiger partial charge in [0.15, 0.2) is 0 Å². The predicted molar refractivity (Wildman–Crippen MR) is 191 cm³/mol. The molecule has 0 aromatic heterocycles. The SMILES string of the molecule is C[C@@H]1CCN([C@H](Cc2cccc3ccccc23)C(N)=O)C(=O)[C@H](c2cccc(Cl)c2)N1C(=O)CNC(=O)[C@H]1CCCCN1C(=O)OC(C)(C)C. The highest BCUT2D eigenvalue weighted by molar-refractivity contribution is 6.30. The summed E-state index contributed by atoms with van der Waals surface area (Å²) in [6.45, 7) is 7.27. The van der Waals surface area contributed by atoms with Gasteiger partial charge in [0.2, 0.25) is 17.7 Å². The molecule has 0 saturated carbocycles. The quantitative estimate of drug-likeness (QED) is 0.339. The summed E-state index contributed by atoms with van der Waals surface area (Å²) in [5.41, 5.74) is 6.62. The molecular weight excluding hydrogens is 658 g/mol. The van der Waals surface area contributed by atoms with Crippen LogP contribution < -0.4 is 11.1 Å². The Labute approximate surface area is 298 Å². The molecule has 0 unspecified atom stereocenters. The topological polar surface area (TPSA) is 142 Å². The van der Waals surface area contributed by atoms with E-state index in [1.165, 1.54) is 14.7 Å². The number of nitrogens with zero attached hydrogens (tertiary/aromatic N) is 3. The fourth-order valence-corrected chi connectivity index (χ4v) is 7.14. The van der Waals surface area contributed by atoms with Crippen LogP contribution in [0, 0.1) is 0 Å². The summed E-state index contributed by atoms with van der Waals surface area (Å²) < 4.78 is 5.54. The predicted octanol–water partition coefficient (Wildman–Crippen LogP) is 4.99. The second kappa shape index (κ2) is 15.5. The Bertz CT molecular complexity index is 1750. The van der Waals surface area contributed by atoms with E-state index in [0.29, 0.717) is 30.0 Å². The molecule has 5 amide bonds. The lowest BCUT2D eigenvalue weighted by atomic mass is 9.96. The lowest BCUT2D eigenvalue weighted by Crippen LogP contribution is -2.55. The molecular formula is C38H46ClN5O6. The number of benzene rings is 3. The molecule has 2 saturated heterocycles. The van der Waals surface area contributed by atoms with Gasteiger partial charge >= 0.3 is 6.09 Å². The molecule has 12 heteroatoms. The number of carbonyl (C=O) groups is 5. The number of likely N-dealkylation sites (tertiary alicyclic amines) is 1. The summed E-state index contributed by atoms with van der Waals surface area (Å²) in [6.07, 6.45) is 1.89. The van der Waals surface area contributed by atoms with Crippen LogP contribution in [-0.4, -0.2) is 87.8 Å². The van der Waals surface area contributed by atoms with Crippen molar-refractivity contribution < 1.29 is 28.7 Å². The molecule has 3 aromatic carbocycles. The van der Waals surface area contributed by atoms with Crippen molar-refractivity contribution in [3.8, 4) is 0 Å². The number of primary amides is 1. The minimum absolute atomic E-state index is 0.179. The number of carbonyl (C=O) groups excluding carboxylic acids is 5. The van der Waals surface area contributed by atoms with E-state index in [9.17, 15) is 24.0 Å². The van der Waals surface area contributed by atoms with Crippen molar-refractivity contribution >= 4 is 52.1 Å². The molecule has 0 aliphatic carbocycles. The van der Waals surface area contributed by atoms with Gasteiger partial charge in [-0.2, -0.15) is 0 Å². The van der Waals surface area contributed by atoms with Crippen LogP contribution >= 0.6 is 11.6 Å². The minimum Gasteiger partial charge on any atom is -0.444 e. The van der Waals surface area contributed by atoms with Gasteiger partial charge in [-0.15, -0.1) is 0 Å². The largest absolute Gasteiger partial charge is 0.444 e. The first-order chi connectivity index (χ1) is 23.7. The van der Waals surface area contributed by atoms with E-state index in [1.54, 1.807) is 45.0 Å². The van der Waals surface area contributed by atoms with Crippen molar-refractivity contribution in [1.82, 2.24) is 20.0 Å². The Morgan fingerprint density at radius 3 is 2.42 bits per heavy atom. The van der Waals surface area contributed by atoms with Gasteiger partial charge in [0.05, 0.1) is 6.54 Å². The monoisotopic (exact) mass is 703 g/mol. The number of ether oxygens (including phenoxy) is 1. The summed E-state index contributed by atoms with van der Waals surface area (Å²) in [5, 5.41) is 5.07. The van der Waals surface area contributed by atoms with Gasteiger partial charge in [0, 0.05) is 30.6 Å². The fourth-order valence-electron chi connectivity index (χ4n) is 6.94. The van der Waals surface area contributed by atoms with Gasteiger partial charge < -0.3 is 25.6 Å². The highest BCUT2D eigenvalue weighted by Gasteiger charge is 2.43. The van der Waals surface area contributed by atoms with Gasteiger partial charge in [0.25, 0.3) is 5.91 Å². The highest BCUT2D eigenvalue weighted by atomic mass is 35.5. The molecule has 11 nitrogen and oxygen atoms in total. The number of nitrogens with two attached hydrogens (primary N) is 1. The second-order valence-electron chi connectivity index (χ2n) is 14.1. The lowest BCUT2D eigenvalue weighted by molar-refractivity contribution is -0.148. The van der Waals surface area contributed by atoms with E-state index in [1.807, 2.05) is 49.4 Å². The number of hydrogen-bond donors (Lipinski definition) is 2. The highest BCUT2D eigenvalue weighted by Crippen LogP contribution is 2.33. The smallest absolute Gasteiger partial charge is 0.410 e. The van der Waals surface area contributed by atoms with Gasteiger partial charge in [-0.1, -0.05) is 66.2 Å². The Hall–Kier alpha value is -4.64. The van der Waals surface area contributed by atoms with Crippen LogP contribution in [-0.2, 0) is 30.3 Å². The number of rotatable bonds is 8. The van der Waals surface area contributed by atoms with Gasteiger partial charge in [0.1, 0.15) is 23.7 Å². The zero-order valence-corrected chi connectivity index (χ0v) is 29.8. The maximum atomic E-state index is 14.7. The number of hydrogen-bond acceptors (Lipinski definition) is 6. The minimum atomic E-state index is -1.14. The Morgan fingerprint density at radius 2 is 1.70 bits per heavy atom. The van der Waals surface area contributed by atoms with Crippen molar-refractivity contribution in [3.63, 3.8) is 0 Å². The van der Waals surface area contributed by atoms with Gasteiger partial charge in [-0.25, -0.2) is 4.79 Å². The number of halogens is 1. The molecule has 266 valence electrons. The number of nitrogens with one attached hydrogen (secondary N) is 1. The van der Waals surface area contributed by atoms with Crippen LogP contribution in [0.15, 0.2) is 66.7 Å². The molecule has 3 N–H and O–H groups in total. The molecule has 0 bridgehead atoms. The molecule has 5 rings (SSSR count). The average molecular weight is 704 g/mol. The standard InChI is InChI=1S/C38H46ClN5O6/c1-24-18-20-42(31(34(40)46)22-26-13-9-12-25-11-5-6-16-29(25)26)36(48)33(27-14-10-15-28(39)21-27)44(24)32(45)23-41-35(47)30-17-7-8-19-43(30)37(49)50-38(2,3)4/h5-6,9-16,21,24,30-31,33H,7-8,17-20,22-23H2,1-4H3,(H2,40,46)(H,41,47)/t24-,30-,31-,33+/m1/s1. The zero-order valence-electron chi connectivity index (χ0n) is 29.1. The van der Waals surface area contributed by atoms with E-state index < -0.39 is 66.0 Å². The van der Waals surface area contributed by atoms with Crippen LogP contribution in [0.4, 0.5) is 4.79 Å². The maximum Gasteiger partial charge on any atom is 0.410 e. The Kier molecular flexibility index (Phi) is 11.4. The summed E-state index contributed by atoms with van der Waals surface area (Å²) in [7, 11) is 0. The van der Waals surface area contributed by atoms with E-state index >= 15 is 0 Å². The first kappa shape index (κ1) is 36.6. The van der Waals surface area contributed by atoms with Crippen molar-refractivity contribution in [3.05, 3.63) is 82.9 Å². The first-order valence-corrected chi connectivity index (χ1v) is 17.5. The lowest BCUT2D eigenvalue weighted by Gasteiger charge is -2.37. The molecule has 2 heterocycles. The van der Waals surface area contributed by atoms with E-state index in [2.05, 4.69) is 5.32 Å². The van der Waals surface area contributed by atoms with E-state index in [0.717, 1.165) is 29.2 Å². The third-order valence-electron chi connectivity index (χ3n) is 9.36. The maximum absolute atomic E-state index is 14.7. The number of amides is 5. The molecule has 2 aliphatic heterocycles. The third-order valence-corrected chi connectivity index (χ3v) is 9.59. The molecule has 0 spiro atoms. The molecule has 2 aliphatic rings. The number of fused-ring (bicyclic) bond motifs is 1. The molecule has 2 fully saturated rings. The van der Waals surface area contributed by atoms with Crippen LogP contribution in [0.1, 0.15) is 70.5 Å². The summed E-state index contributed by atoms with van der Waals surface area (Å²) in [4.78, 5) is 72.7. The van der Waals surface area contributed by atoms with Crippen molar-refractivity contribution in [2.45, 2.75) is 89.6 Å². The van der Waals surface area contributed by atoms with Crippen LogP contribution in [0.3, 0.4) is 0 Å². The fraction of sp³-hybridized carbons (Fsp3) is 0.447. The third kappa shape index (κ3) is 8.38. The van der Waals surface area contributed by atoms with Crippen molar-refractivity contribution in [2.75, 3.05) is 19.6 Å². The first-order valence-electron chi connectivity index (χ1n) is 17.2. The normalized spacial score (nSPS) is 20.6. The average Bonchev–Trinajstić information content (AvgIpc) is 3.20. The molecule has 50 heavy (non-hydrogen) atoms. The Balaban J connectivity index is 1.41. The van der Waals surface area contributed by atoms with Crippen molar-refractivity contribution in [2.24, 2.45) is 5.73 Å². The Morgan fingerprint density at radius 1 is 0.980 bits per heavy atom. The molecule has 4 atom stereocenters. The van der Waals surface area contributed by atoms with Gasteiger partial charge in [-0.05, 0) is 87.4 Å². The van der Waals surface area contributed by atoms with Gasteiger partial charge in [-0.3, -0.25) is 24.1 Å². The van der Waals surface area contributed by atoms with E-state index in [4.69, 9.17) is 22.1 Å². The van der Waals surface area contributed by atoms with Crippen molar-refractivity contribution in [1.29, 1.82) is 0 Å².